The Morgan fingerprint density at radius 2 is 2.35 bits per heavy atom. The second-order valence-electron chi connectivity index (χ2n) is 4.45. The zero-order valence-corrected chi connectivity index (χ0v) is 10.6. The highest BCUT2D eigenvalue weighted by molar-refractivity contribution is 7.14. The van der Waals surface area contributed by atoms with E-state index >= 15 is 0 Å². The fourth-order valence-corrected chi connectivity index (χ4v) is 2.16. The quantitative estimate of drug-likeness (QED) is 0.802. The molecular weight excluding hydrogens is 234 g/mol. The molecule has 0 aliphatic heterocycles. The average Bonchev–Trinajstić information content (AvgIpc) is 2.83. The number of hydrogen-bond donors (Lipinski definition) is 2. The van der Waals surface area contributed by atoms with E-state index in [4.69, 9.17) is 5.11 Å². The fraction of sp³-hybridized carbons (Fsp3) is 0.462. The van der Waals surface area contributed by atoms with Gasteiger partial charge in [-0.05, 0) is 31.9 Å². The Labute approximate surface area is 105 Å². The van der Waals surface area contributed by atoms with Crippen molar-refractivity contribution in [1.82, 2.24) is 5.32 Å². The first-order chi connectivity index (χ1) is 8.13. The summed E-state index contributed by atoms with van der Waals surface area (Å²) in [4.78, 5) is 13.4. The lowest BCUT2D eigenvalue weighted by atomic mass is 10.3. The first-order valence-electron chi connectivity index (χ1n) is 5.65. The summed E-state index contributed by atoms with van der Waals surface area (Å²) in [5.74, 6) is 5.76. The maximum Gasteiger partial charge on any atom is 0.261 e. The van der Waals surface area contributed by atoms with Crippen molar-refractivity contribution in [2.75, 3.05) is 6.61 Å². The van der Waals surface area contributed by atoms with E-state index < -0.39 is 0 Å². The predicted octanol–water partition coefficient (Wildman–Crippen LogP) is 1.76. The Morgan fingerprint density at radius 1 is 1.59 bits per heavy atom. The van der Waals surface area contributed by atoms with Gasteiger partial charge < -0.3 is 10.4 Å². The summed E-state index contributed by atoms with van der Waals surface area (Å²) in [6, 6.07) is 3.65. The number of amides is 1. The summed E-state index contributed by atoms with van der Waals surface area (Å²) in [5, 5.41) is 11.6. The van der Waals surface area contributed by atoms with E-state index in [1.165, 1.54) is 11.3 Å². The van der Waals surface area contributed by atoms with Crippen LogP contribution in [-0.4, -0.2) is 23.2 Å². The summed E-state index contributed by atoms with van der Waals surface area (Å²) in [7, 11) is 0. The number of carbonyl (C=O) groups excluding carboxylic acids is 1. The summed E-state index contributed by atoms with van der Waals surface area (Å²) >= 11 is 1.39. The number of hydrogen-bond acceptors (Lipinski definition) is 3. The Kier molecular flexibility index (Phi) is 3.51. The van der Waals surface area contributed by atoms with Crippen LogP contribution < -0.4 is 5.32 Å². The van der Waals surface area contributed by atoms with Crippen LogP contribution >= 0.6 is 11.3 Å². The molecule has 1 heterocycles. The van der Waals surface area contributed by atoms with Crippen molar-refractivity contribution < 1.29 is 9.90 Å². The zero-order valence-electron chi connectivity index (χ0n) is 9.75. The number of rotatable bonds is 3. The Hall–Kier alpha value is -1.31. The third-order valence-electron chi connectivity index (χ3n) is 2.69. The normalized spacial score (nSPS) is 15.9. The van der Waals surface area contributed by atoms with Crippen molar-refractivity contribution in [2.45, 2.75) is 31.7 Å². The van der Waals surface area contributed by atoms with Crippen LogP contribution in [0.4, 0.5) is 0 Å². The smallest absolute Gasteiger partial charge is 0.261 e. The van der Waals surface area contributed by atoms with Crippen molar-refractivity contribution in [2.24, 2.45) is 0 Å². The van der Waals surface area contributed by atoms with E-state index in [0.717, 1.165) is 17.7 Å². The molecule has 2 N–H and O–H groups in total. The van der Waals surface area contributed by atoms with Gasteiger partial charge in [0.25, 0.3) is 5.91 Å². The van der Waals surface area contributed by atoms with Gasteiger partial charge in [0.15, 0.2) is 0 Å². The van der Waals surface area contributed by atoms with Gasteiger partial charge in [-0.15, -0.1) is 11.3 Å². The monoisotopic (exact) mass is 249 g/mol. The van der Waals surface area contributed by atoms with Crippen LogP contribution in [0.25, 0.3) is 0 Å². The molecule has 0 bridgehead atoms. The highest BCUT2D eigenvalue weighted by atomic mass is 32.1. The molecule has 1 amide bonds. The molecule has 0 unspecified atom stereocenters. The molecular formula is C13H15NO2S. The standard InChI is InChI=1S/C13H15NO2S/c1-13(7-8-13)14-12(16)11-6-5-10(17-11)4-2-3-9-15/h5-6,15H,3,7-9H2,1H3,(H,14,16). The zero-order chi connectivity index (χ0) is 12.3. The van der Waals surface area contributed by atoms with Crippen molar-refractivity contribution in [3.63, 3.8) is 0 Å². The molecule has 1 aliphatic rings. The Balaban J connectivity index is 1.98. The highest BCUT2D eigenvalue weighted by Crippen LogP contribution is 2.34. The maximum absolute atomic E-state index is 11.9. The van der Waals surface area contributed by atoms with E-state index in [0.29, 0.717) is 11.3 Å². The number of aliphatic hydroxyl groups is 1. The van der Waals surface area contributed by atoms with Crippen molar-refractivity contribution in [3.05, 3.63) is 21.9 Å². The topological polar surface area (TPSA) is 49.3 Å². The van der Waals surface area contributed by atoms with Crippen molar-refractivity contribution >= 4 is 17.2 Å². The van der Waals surface area contributed by atoms with Gasteiger partial charge in [0, 0.05) is 12.0 Å². The average molecular weight is 249 g/mol. The minimum atomic E-state index is -0.00907. The molecule has 2 rings (SSSR count). The molecule has 1 saturated carbocycles. The lowest BCUT2D eigenvalue weighted by Crippen LogP contribution is -2.33. The van der Waals surface area contributed by atoms with Crippen LogP contribution in [0.3, 0.4) is 0 Å². The van der Waals surface area contributed by atoms with Gasteiger partial charge >= 0.3 is 0 Å². The highest BCUT2D eigenvalue weighted by Gasteiger charge is 2.38. The van der Waals surface area contributed by atoms with Gasteiger partial charge in [0.1, 0.15) is 0 Å². The molecule has 1 aromatic rings. The summed E-state index contributed by atoms with van der Waals surface area (Å²) < 4.78 is 0. The minimum Gasteiger partial charge on any atom is -0.395 e. The summed E-state index contributed by atoms with van der Waals surface area (Å²) in [6.07, 6.45) is 2.60. The lowest BCUT2D eigenvalue weighted by molar-refractivity contribution is 0.0939. The molecule has 0 aromatic carbocycles. The summed E-state index contributed by atoms with van der Waals surface area (Å²) in [6.45, 7) is 2.13. The lowest BCUT2D eigenvalue weighted by Gasteiger charge is -2.09. The first-order valence-corrected chi connectivity index (χ1v) is 6.47. The second kappa shape index (κ2) is 4.91. The molecule has 90 valence electrons. The molecule has 1 fully saturated rings. The molecule has 1 aliphatic carbocycles. The van der Waals surface area contributed by atoms with Gasteiger partial charge in [-0.2, -0.15) is 0 Å². The third-order valence-corrected chi connectivity index (χ3v) is 3.69. The van der Waals surface area contributed by atoms with Crippen LogP contribution in [0, 0.1) is 11.8 Å². The fourth-order valence-electron chi connectivity index (χ4n) is 1.38. The summed E-state index contributed by atoms with van der Waals surface area (Å²) in [5.41, 5.74) is 0.0177. The maximum atomic E-state index is 11.9. The molecule has 1 aromatic heterocycles. The van der Waals surface area contributed by atoms with Crippen LogP contribution in [0.15, 0.2) is 12.1 Å². The van der Waals surface area contributed by atoms with Crippen LogP contribution in [-0.2, 0) is 0 Å². The van der Waals surface area contributed by atoms with E-state index in [2.05, 4.69) is 24.1 Å². The Morgan fingerprint density at radius 3 is 3.00 bits per heavy atom. The third kappa shape index (κ3) is 3.32. The van der Waals surface area contributed by atoms with E-state index in [1.54, 1.807) is 6.07 Å². The van der Waals surface area contributed by atoms with Crippen molar-refractivity contribution in [1.29, 1.82) is 0 Å². The SMILES string of the molecule is CC1(NC(=O)c2ccc(C#CCCO)s2)CC1. The van der Waals surface area contributed by atoms with Crippen LogP contribution in [0.2, 0.25) is 0 Å². The van der Waals surface area contributed by atoms with Gasteiger partial charge in [0.05, 0.1) is 16.4 Å². The van der Waals surface area contributed by atoms with Crippen LogP contribution in [0.1, 0.15) is 40.7 Å². The van der Waals surface area contributed by atoms with E-state index in [9.17, 15) is 4.79 Å². The van der Waals surface area contributed by atoms with Crippen LogP contribution in [0.5, 0.6) is 0 Å². The van der Waals surface area contributed by atoms with E-state index in [1.807, 2.05) is 6.07 Å². The number of nitrogens with one attached hydrogen (secondary N) is 1. The number of thiophene rings is 1. The van der Waals surface area contributed by atoms with Gasteiger partial charge in [-0.25, -0.2) is 0 Å². The Bertz CT molecular complexity index is 477. The van der Waals surface area contributed by atoms with Crippen molar-refractivity contribution in [3.8, 4) is 11.8 Å². The number of aliphatic hydroxyl groups excluding tert-OH is 1. The second-order valence-corrected chi connectivity index (χ2v) is 5.54. The molecule has 17 heavy (non-hydrogen) atoms. The number of carbonyl (C=O) groups is 1. The molecule has 0 saturated heterocycles. The van der Waals surface area contributed by atoms with Gasteiger partial charge in [-0.3, -0.25) is 4.79 Å². The molecule has 0 atom stereocenters. The van der Waals surface area contributed by atoms with Gasteiger partial charge in [0.2, 0.25) is 0 Å². The van der Waals surface area contributed by atoms with Gasteiger partial charge in [-0.1, -0.05) is 11.8 Å². The van der Waals surface area contributed by atoms with E-state index in [-0.39, 0.29) is 18.1 Å². The molecule has 4 heteroatoms. The largest absolute Gasteiger partial charge is 0.395 e. The molecule has 0 radical (unpaired) electrons. The molecule has 3 nitrogen and oxygen atoms in total. The predicted molar refractivity (Wildman–Crippen MR) is 68.0 cm³/mol. The minimum absolute atomic E-state index is 0.00907. The molecule has 0 spiro atoms. The first kappa shape index (κ1) is 12.2.